The van der Waals surface area contributed by atoms with Crippen LogP contribution in [0.25, 0.3) is 0 Å². The van der Waals surface area contributed by atoms with Crippen LogP contribution < -0.4 is 0 Å². The Balaban J connectivity index is 1.72. The van der Waals surface area contributed by atoms with E-state index in [1.165, 1.54) is 25.8 Å². The zero-order chi connectivity index (χ0) is 9.80. The molecule has 1 fully saturated rings. The van der Waals surface area contributed by atoms with Gasteiger partial charge in [-0.25, -0.2) is 0 Å². The number of piperidine rings is 1. The van der Waals surface area contributed by atoms with Crippen LogP contribution >= 0.6 is 0 Å². The number of hydrogen-bond donors (Lipinski definition) is 1. The number of allylic oxidation sites excluding steroid dienone is 2. The van der Waals surface area contributed by atoms with Crippen LogP contribution in [0.15, 0.2) is 12.2 Å². The van der Waals surface area contributed by atoms with E-state index in [1.807, 2.05) is 0 Å². The van der Waals surface area contributed by atoms with E-state index >= 15 is 0 Å². The van der Waals surface area contributed by atoms with Crippen molar-refractivity contribution in [1.29, 1.82) is 0 Å². The molecule has 1 aliphatic heterocycles. The van der Waals surface area contributed by atoms with Crippen LogP contribution in [-0.2, 0) is 0 Å². The van der Waals surface area contributed by atoms with E-state index < -0.39 is 0 Å². The van der Waals surface area contributed by atoms with Crippen molar-refractivity contribution in [2.24, 2.45) is 5.92 Å². The summed E-state index contributed by atoms with van der Waals surface area (Å²) in [6.07, 6.45) is 10.4. The fourth-order valence-electron chi connectivity index (χ4n) is 2.49. The van der Waals surface area contributed by atoms with Crippen LogP contribution in [0.5, 0.6) is 0 Å². The van der Waals surface area contributed by atoms with Gasteiger partial charge in [-0.2, -0.15) is 0 Å². The van der Waals surface area contributed by atoms with Crippen molar-refractivity contribution in [3.63, 3.8) is 0 Å². The standard InChI is InChI=1S/C12H21NO/c14-12-6-8-13(9-7-12)10-11-4-2-1-3-5-11/h1-2,11-12,14H,3-10H2/t11-/m0/s1. The number of aliphatic hydroxyl groups is 1. The van der Waals surface area contributed by atoms with E-state index in [9.17, 15) is 5.11 Å². The normalized spacial score (nSPS) is 30.8. The summed E-state index contributed by atoms with van der Waals surface area (Å²) in [4.78, 5) is 2.52. The molecule has 2 heteroatoms. The summed E-state index contributed by atoms with van der Waals surface area (Å²) >= 11 is 0. The van der Waals surface area contributed by atoms with Gasteiger partial charge in [-0.15, -0.1) is 0 Å². The van der Waals surface area contributed by atoms with E-state index in [-0.39, 0.29) is 6.10 Å². The molecule has 14 heavy (non-hydrogen) atoms. The number of rotatable bonds is 2. The minimum atomic E-state index is -0.0301. The maximum absolute atomic E-state index is 9.39. The summed E-state index contributed by atoms with van der Waals surface area (Å²) in [5, 5.41) is 9.39. The van der Waals surface area contributed by atoms with Gasteiger partial charge in [-0.05, 0) is 38.0 Å². The van der Waals surface area contributed by atoms with Gasteiger partial charge in [-0.1, -0.05) is 12.2 Å². The molecule has 1 heterocycles. The van der Waals surface area contributed by atoms with Gasteiger partial charge in [-0.3, -0.25) is 0 Å². The molecule has 1 N–H and O–H groups in total. The lowest BCUT2D eigenvalue weighted by molar-refractivity contribution is 0.0739. The van der Waals surface area contributed by atoms with Gasteiger partial charge in [0.15, 0.2) is 0 Å². The van der Waals surface area contributed by atoms with E-state index in [0.29, 0.717) is 0 Å². The number of nitrogens with zero attached hydrogens (tertiary/aromatic N) is 1. The molecule has 0 unspecified atom stereocenters. The zero-order valence-corrected chi connectivity index (χ0v) is 8.86. The summed E-state index contributed by atoms with van der Waals surface area (Å²) < 4.78 is 0. The molecule has 1 saturated heterocycles. The van der Waals surface area contributed by atoms with Crippen LogP contribution in [0.3, 0.4) is 0 Å². The third-order valence-corrected chi connectivity index (χ3v) is 3.45. The second-order valence-corrected chi connectivity index (χ2v) is 4.68. The SMILES string of the molecule is OC1CCN(C[C@H]2CC=CCC2)CC1. The van der Waals surface area contributed by atoms with Crippen molar-refractivity contribution >= 4 is 0 Å². The highest BCUT2D eigenvalue weighted by Gasteiger charge is 2.20. The van der Waals surface area contributed by atoms with Gasteiger partial charge in [0.2, 0.25) is 0 Å². The van der Waals surface area contributed by atoms with Crippen LogP contribution in [0.1, 0.15) is 32.1 Å². The molecule has 0 spiro atoms. The van der Waals surface area contributed by atoms with Gasteiger partial charge in [0.1, 0.15) is 0 Å². The summed E-state index contributed by atoms with van der Waals surface area (Å²) in [5.41, 5.74) is 0. The molecular formula is C12H21NO. The molecule has 2 rings (SSSR count). The topological polar surface area (TPSA) is 23.5 Å². The summed E-state index contributed by atoms with van der Waals surface area (Å²) in [6, 6.07) is 0. The Bertz CT molecular complexity index is 194. The van der Waals surface area contributed by atoms with Crippen molar-refractivity contribution in [3.05, 3.63) is 12.2 Å². The number of likely N-dealkylation sites (tertiary alicyclic amines) is 1. The first-order chi connectivity index (χ1) is 6.84. The second kappa shape index (κ2) is 4.94. The largest absolute Gasteiger partial charge is 0.393 e. The molecule has 2 aliphatic rings. The minimum Gasteiger partial charge on any atom is -0.393 e. The molecule has 0 radical (unpaired) electrons. The quantitative estimate of drug-likeness (QED) is 0.679. The van der Waals surface area contributed by atoms with Crippen LogP contribution in [0, 0.1) is 5.92 Å². The fraction of sp³-hybridized carbons (Fsp3) is 0.833. The Kier molecular flexibility index (Phi) is 3.60. The highest BCUT2D eigenvalue weighted by molar-refractivity contribution is 4.91. The minimum absolute atomic E-state index is 0.0301. The number of hydrogen-bond acceptors (Lipinski definition) is 2. The molecule has 0 amide bonds. The Morgan fingerprint density at radius 2 is 1.93 bits per heavy atom. The summed E-state index contributed by atoms with van der Waals surface area (Å²) in [6.45, 7) is 3.44. The number of aliphatic hydroxyl groups excluding tert-OH is 1. The molecule has 1 atom stereocenters. The highest BCUT2D eigenvalue weighted by atomic mass is 16.3. The third kappa shape index (κ3) is 2.82. The Hall–Kier alpha value is -0.340. The first kappa shape index (κ1) is 10.2. The van der Waals surface area contributed by atoms with Gasteiger partial charge in [0.25, 0.3) is 0 Å². The molecule has 0 aromatic rings. The van der Waals surface area contributed by atoms with Crippen molar-refractivity contribution in [3.8, 4) is 0 Å². The maximum atomic E-state index is 9.39. The van der Waals surface area contributed by atoms with E-state index in [2.05, 4.69) is 17.1 Å². The predicted molar refractivity (Wildman–Crippen MR) is 58.2 cm³/mol. The second-order valence-electron chi connectivity index (χ2n) is 4.68. The monoisotopic (exact) mass is 195 g/mol. The van der Waals surface area contributed by atoms with Gasteiger partial charge >= 0.3 is 0 Å². The van der Waals surface area contributed by atoms with Crippen LogP contribution in [0.4, 0.5) is 0 Å². The lowest BCUT2D eigenvalue weighted by Crippen LogP contribution is -2.38. The average Bonchev–Trinajstić information content (AvgIpc) is 2.23. The predicted octanol–water partition coefficient (Wildman–Crippen LogP) is 1.80. The Labute approximate surface area is 86.6 Å². The molecular weight excluding hydrogens is 174 g/mol. The molecule has 0 aromatic carbocycles. The fourth-order valence-corrected chi connectivity index (χ4v) is 2.49. The first-order valence-electron chi connectivity index (χ1n) is 5.90. The molecule has 0 aromatic heterocycles. The molecule has 0 bridgehead atoms. The van der Waals surface area contributed by atoms with E-state index in [1.54, 1.807) is 0 Å². The Morgan fingerprint density at radius 1 is 1.14 bits per heavy atom. The van der Waals surface area contributed by atoms with Crippen molar-refractivity contribution in [2.75, 3.05) is 19.6 Å². The summed E-state index contributed by atoms with van der Waals surface area (Å²) in [7, 11) is 0. The molecule has 1 aliphatic carbocycles. The maximum Gasteiger partial charge on any atom is 0.0564 e. The van der Waals surface area contributed by atoms with Crippen molar-refractivity contribution in [1.82, 2.24) is 4.90 Å². The van der Waals surface area contributed by atoms with Crippen LogP contribution in [-0.4, -0.2) is 35.7 Å². The van der Waals surface area contributed by atoms with E-state index in [4.69, 9.17) is 0 Å². The lowest BCUT2D eigenvalue weighted by Gasteiger charge is -2.32. The van der Waals surface area contributed by atoms with Crippen molar-refractivity contribution < 1.29 is 5.11 Å². The molecule has 2 nitrogen and oxygen atoms in total. The smallest absolute Gasteiger partial charge is 0.0564 e. The molecule has 80 valence electrons. The van der Waals surface area contributed by atoms with Gasteiger partial charge in [0, 0.05) is 19.6 Å². The zero-order valence-electron chi connectivity index (χ0n) is 8.86. The average molecular weight is 195 g/mol. The lowest BCUT2D eigenvalue weighted by atomic mass is 9.93. The van der Waals surface area contributed by atoms with Gasteiger partial charge < -0.3 is 10.0 Å². The third-order valence-electron chi connectivity index (χ3n) is 3.45. The molecule has 0 saturated carbocycles. The highest BCUT2D eigenvalue weighted by Crippen LogP contribution is 2.21. The van der Waals surface area contributed by atoms with Crippen LogP contribution in [0.2, 0.25) is 0 Å². The Morgan fingerprint density at radius 3 is 2.57 bits per heavy atom. The summed E-state index contributed by atoms with van der Waals surface area (Å²) in [5.74, 6) is 0.871. The van der Waals surface area contributed by atoms with Crippen molar-refractivity contribution in [2.45, 2.75) is 38.2 Å². The van der Waals surface area contributed by atoms with Gasteiger partial charge in [0.05, 0.1) is 6.10 Å². The first-order valence-corrected chi connectivity index (χ1v) is 5.90. The van der Waals surface area contributed by atoms with E-state index in [0.717, 1.165) is 31.8 Å².